The van der Waals surface area contributed by atoms with Crippen LogP contribution in [0.25, 0.3) is 0 Å². The largest absolute Gasteiger partial charge is 0.492 e. The molecule has 162 valence electrons. The summed E-state index contributed by atoms with van der Waals surface area (Å²) in [6, 6.07) is 18.9. The quantitative estimate of drug-likeness (QED) is 0.516. The molecule has 3 rings (SSSR count). The van der Waals surface area contributed by atoms with Gasteiger partial charge < -0.3 is 10.1 Å². The van der Waals surface area contributed by atoms with Gasteiger partial charge in [-0.15, -0.1) is 0 Å². The molecule has 31 heavy (non-hydrogen) atoms. The first kappa shape index (κ1) is 22.4. The molecule has 0 aliphatic rings. The van der Waals surface area contributed by atoms with Gasteiger partial charge in [-0.2, -0.15) is 0 Å². The van der Waals surface area contributed by atoms with Crippen LogP contribution >= 0.6 is 0 Å². The number of amides is 1. The van der Waals surface area contributed by atoms with Crippen molar-refractivity contribution in [3.63, 3.8) is 0 Å². The highest BCUT2D eigenvalue weighted by molar-refractivity contribution is 7.92. The Hall–Kier alpha value is -3.32. The average Bonchev–Trinajstić information content (AvgIpc) is 2.70. The third-order valence-electron chi connectivity index (χ3n) is 4.56. The summed E-state index contributed by atoms with van der Waals surface area (Å²) in [5.41, 5.74) is 3.88. The molecule has 0 saturated carbocycles. The molecule has 0 heterocycles. The maximum Gasteiger partial charge on any atom is 0.261 e. The Kier molecular flexibility index (Phi) is 6.97. The lowest BCUT2D eigenvalue weighted by atomic mass is 10.1. The summed E-state index contributed by atoms with van der Waals surface area (Å²) in [5, 5.41) is 2.79. The van der Waals surface area contributed by atoms with Gasteiger partial charge in [0.2, 0.25) is 0 Å². The highest BCUT2D eigenvalue weighted by Crippen LogP contribution is 2.18. The fraction of sp³-hybridized carbons (Fsp3) is 0.208. The van der Waals surface area contributed by atoms with E-state index in [1.54, 1.807) is 42.5 Å². The van der Waals surface area contributed by atoms with Gasteiger partial charge in [0.1, 0.15) is 12.4 Å². The van der Waals surface area contributed by atoms with Crippen molar-refractivity contribution in [2.45, 2.75) is 25.7 Å². The summed E-state index contributed by atoms with van der Waals surface area (Å²) in [6.07, 6.45) is 0. The molecule has 0 saturated heterocycles. The van der Waals surface area contributed by atoms with Gasteiger partial charge >= 0.3 is 0 Å². The third kappa shape index (κ3) is 6.33. The molecule has 6 nitrogen and oxygen atoms in total. The molecule has 0 fully saturated rings. The molecule has 2 N–H and O–H groups in total. The first-order valence-corrected chi connectivity index (χ1v) is 11.4. The van der Waals surface area contributed by atoms with E-state index in [2.05, 4.69) is 16.1 Å². The van der Waals surface area contributed by atoms with E-state index in [0.29, 0.717) is 24.4 Å². The molecular weight excluding hydrogens is 412 g/mol. The molecule has 0 unspecified atom stereocenters. The SMILES string of the molecule is Cc1ccc(S(=O)(=O)Nc2cccc(C(=O)NCCOc3cc(C)cc(C)c3)c2)cc1. The van der Waals surface area contributed by atoms with Gasteiger partial charge in [0, 0.05) is 11.3 Å². The summed E-state index contributed by atoms with van der Waals surface area (Å²) >= 11 is 0. The topological polar surface area (TPSA) is 84.5 Å². The van der Waals surface area contributed by atoms with E-state index in [-0.39, 0.29) is 10.8 Å². The summed E-state index contributed by atoms with van der Waals surface area (Å²) in [5.74, 6) is 0.458. The number of hydrogen-bond donors (Lipinski definition) is 2. The predicted molar refractivity (Wildman–Crippen MR) is 122 cm³/mol. The van der Waals surface area contributed by atoms with Crippen LogP contribution in [0.4, 0.5) is 5.69 Å². The third-order valence-corrected chi connectivity index (χ3v) is 5.96. The van der Waals surface area contributed by atoms with Gasteiger partial charge in [-0.05, 0) is 74.4 Å². The average molecular weight is 439 g/mol. The zero-order valence-corrected chi connectivity index (χ0v) is 18.6. The summed E-state index contributed by atoms with van der Waals surface area (Å²) < 4.78 is 33.3. The molecular formula is C24H26N2O4S. The van der Waals surface area contributed by atoms with Crippen LogP contribution in [0.2, 0.25) is 0 Å². The fourth-order valence-corrected chi connectivity index (χ4v) is 4.16. The Morgan fingerprint density at radius 2 is 1.55 bits per heavy atom. The second-order valence-corrected chi connectivity index (χ2v) is 9.11. The number of rotatable bonds is 8. The van der Waals surface area contributed by atoms with E-state index in [0.717, 1.165) is 22.4 Å². The molecule has 3 aromatic rings. The van der Waals surface area contributed by atoms with E-state index in [4.69, 9.17) is 4.74 Å². The van der Waals surface area contributed by atoms with E-state index in [1.165, 1.54) is 6.07 Å². The Bertz CT molecular complexity index is 1150. The summed E-state index contributed by atoms with van der Waals surface area (Å²) in [4.78, 5) is 12.6. The number of ether oxygens (including phenoxy) is 1. The minimum absolute atomic E-state index is 0.163. The van der Waals surface area contributed by atoms with Crippen LogP contribution in [0.15, 0.2) is 71.6 Å². The molecule has 0 radical (unpaired) electrons. The van der Waals surface area contributed by atoms with Crippen LogP contribution in [0, 0.1) is 20.8 Å². The standard InChI is InChI=1S/C24H26N2O4S/c1-17-7-9-23(10-8-17)31(28,29)26-21-6-4-5-20(16-21)24(27)25-11-12-30-22-14-18(2)13-19(3)15-22/h4-10,13-16,26H,11-12H2,1-3H3,(H,25,27). The van der Waals surface area contributed by atoms with Crippen molar-refractivity contribution in [3.05, 3.63) is 89.0 Å². The molecule has 0 atom stereocenters. The van der Waals surface area contributed by atoms with Crippen molar-refractivity contribution >= 4 is 21.6 Å². The Balaban J connectivity index is 1.57. The van der Waals surface area contributed by atoms with Gasteiger partial charge in [0.05, 0.1) is 11.4 Å². The zero-order valence-electron chi connectivity index (χ0n) is 17.8. The number of carbonyl (C=O) groups is 1. The van der Waals surface area contributed by atoms with Crippen molar-refractivity contribution in [2.75, 3.05) is 17.9 Å². The van der Waals surface area contributed by atoms with Crippen LogP contribution in [0.1, 0.15) is 27.0 Å². The van der Waals surface area contributed by atoms with Crippen LogP contribution in [-0.2, 0) is 10.0 Å². The maximum absolute atomic E-state index is 12.6. The molecule has 0 bridgehead atoms. The van der Waals surface area contributed by atoms with Crippen molar-refractivity contribution in [3.8, 4) is 5.75 Å². The Labute approximate surface area is 183 Å². The monoisotopic (exact) mass is 438 g/mol. The lowest BCUT2D eigenvalue weighted by molar-refractivity contribution is 0.0947. The lowest BCUT2D eigenvalue weighted by Crippen LogP contribution is -2.28. The number of aryl methyl sites for hydroxylation is 3. The number of hydrogen-bond acceptors (Lipinski definition) is 4. The van der Waals surface area contributed by atoms with E-state index in [1.807, 2.05) is 32.9 Å². The second-order valence-electron chi connectivity index (χ2n) is 7.43. The van der Waals surface area contributed by atoms with Gasteiger partial charge in [0.15, 0.2) is 0 Å². The number of carbonyl (C=O) groups excluding carboxylic acids is 1. The van der Waals surface area contributed by atoms with E-state index >= 15 is 0 Å². The fourth-order valence-electron chi connectivity index (χ4n) is 3.11. The molecule has 0 spiro atoms. The smallest absolute Gasteiger partial charge is 0.261 e. The van der Waals surface area contributed by atoms with Crippen molar-refractivity contribution in [1.29, 1.82) is 0 Å². The minimum atomic E-state index is -3.73. The molecule has 7 heteroatoms. The molecule has 1 amide bonds. The van der Waals surface area contributed by atoms with Crippen molar-refractivity contribution in [2.24, 2.45) is 0 Å². The number of anilines is 1. The van der Waals surface area contributed by atoms with Crippen LogP contribution in [0.3, 0.4) is 0 Å². The first-order valence-electron chi connectivity index (χ1n) is 9.92. The molecule has 0 aliphatic heterocycles. The Morgan fingerprint density at radius 3 is 2.23 bits per heavy atom. The van der Waals surface area contributed by atoms with Gasteiger partial charge in [0.25, 0.3) is 15.9 Å². The predicted octanol–water partition coefficient (Wildman–Crippen LogP) is 4.22. The first-order chi connectivity index (χ1) is 14.7. The molecule has 0 aliphatic carbocycles. The molecule has 0 aromatic heterocycles. The Morgan fingerprint density at radius 1 is 0.871 bits per heavy atom. The zero-order chi connectivity index (χ0) is 22.4. The van der Waals surface area contributed by atoms with Crippen molar-refractivity contribution in [1.82, 2.24) is 5.32 Å². The van der Waals surface area contributed by atoms with Crippen LogP contribution < -0.4 is 14.8 Å². The highest BCUT2D eigenvalue weighted by atomic mass is 32.2. The van der Waals surface area contributed by atoms with Crippen LogP contribution in [0.5, 0.6) is 5.75 Å². The summed E-state index contributed by atoms with van der Waals surface area (Å²) in [6.45, 7) is 6.54. The number of nitrogens with one attached hydrogen (secondary N) is 2. The molecule has 3 aromatic carbocycles. The number of sulfonamides is 1. The van der Waals surface area contributed by atoms with E-state index in [9.17, 15) is 13.2 Å². The minimum Gasteiger partial charge on any atom is -0.492 e. The summed E-state index contributed by atoms with van der Waals surface area (Å²) in [7, 11) is -3.73. The maximum atomic E-state index is 12.6. The second kappa shape index (κ2) is 9.66. The highest BCUT2D eigenvalue weighted by Gasteiger charge is 2.15. The van der Waals surface area contributed by atoms with Gasteiger partial charge in [-0.3, -0.25) is 9.52 Å². The van der Waals surface area contributed by atoms with Gasteiger partial charge in [-0.1, -0.05) is 29.8 Å². The van der Waals surface area contributed by atoms with Crippen molar-refractivity contribution < 1.29 is 17.9 Å². The lowest BCUT2D eigenvalue weighted by Gasteiger charge is -2.11. The normalized spacial score (nSPS) is 11.1. The van der Waals surface area contributed by atoms with Crippen LogP contribution in [-0.4, -0.2) is 27.5 Å². The number of benzene rings is 3. The van der Waals surface area contributed by atoms with E-state index < -0.39 is 10.0 Å². The van der Waals surface area contributed by atoms with Gasteiger partial charge in [-0.25, -0.2) is 8.42 Å².